The molecule has 84 valence electrons. The van der Waals surface area contributed by atoms with Crippen LogP contribution in [0.2, 0.25) is 0 Å². The number of fused-ring (bicyclic) bond motifs is 1. The van der Waals surface area contributed by atoms with Crippen LogP contribution in [0.3, 0.4) is 0 Å². The lowest BCUT2D eigenvalue weighted by molar-refractivity contribution is 0.415. The molecular formula is C13H14BrNO. The summed E-state index contributed by atoms with van der Waals surface area (Å²) >= 11 is 3.51. The lowest BCUT2D eigenvalue weighted by Crippen LogP contribution is -1.93. The summed E-state index contributed by atoms with van der Waals surface area (Å²) in [4.78, 5) is 4.54. The van der Waals surface area contributed by atoms with Gasteiger partial charge in [-0.25, -0.2) is 4.98 Å². The second-order valence-corrected chi connectivity index (χ2v) is 4.83. The summed E-state index contributed by atoms with van der Waals surface area (Å²) in [5.74, 6) is 1.30. The van der Waals surface area contributed by atoms with Gasteiger partial charge in [-0.15, -0.1) is 0 Å². The van der Waals surface area contributed by atoms with Crippen molar-refractivity contribution in [1.29, 1.82) is 0 Å². The number of nitrogens with zero attached hydrogens (tertiary/aromatic N) is 1. The molecule has 1 aromatic heterocycles. The van der Waals surface area contributed by atoms with Gasteiger partial charge >= 0.3 is 0 Å². The zero-order chi connectivity index (χ0) is 11.7. The van der Waals surface area contributed by atoms with E-state index in [2.05, 4.69) is 40.8 Å². The average molecular weight is 280 g/mol. The van der Waals surface area contributed by atoms with Crippen molar-refractivity contribution in [2.75, 3.05) is 7.11 Å². The number of halogens is 1. The summed E-state index contributed by atoms with van der Waals surface area (Å²) in [6.07, 6.45) is 0. The predicted molar refractivity (Wildman–Crippen MR) is 70.1 cm³/mol. The van der Waals surface area contributed by atoms with Crippen molar-refractivity contribution in [3.8, 4) is 5.75 Å². The van der Waals surface area contributed by atoms with E-state index in [0.29, 0.717) is 5.92 Å². The zero-order valence-corrected chi connectivity index (χ0v) is 11.2. The molecule has 2 nitrogen and oxygen atoms in total. The summed E-state index contributed by atoms with van der Waals surface area (Å²) in [5.41, 5.74) is 2.19. The summed E-state index contributed by atoms with van der Waals surface area (Å²) in [6.45, 7) is 4.33. The van der Waals surface area contributed by atoms with Gasteiger partial charge in [0.15, 0.2) is 0 Å². The SMILES string of the molecule is COc1ccc2cc(C(C)C)c(Br)nc2c1. The summed E-state index contributed by atoms with van der Waals surface area (Å²) < 4.78 is 6.10. The minimum absolute atomic E-state index is 0.466. The van der Waals surface area contributed by atoms with Crippen molar-refractivity contribution >= 4 is 26.8 Å². The van der Waals surface area contributed by atoms with Crippen molar-refractivity contribution in [1.82, 2.24) is 4.98 Å². The van der Waals surface area contributed by atoms with Crippen LogP contribution < -0.4 is 4.74 Å². The molecule has 0 bridgehead atoms. The maximum atomic E-state index is 5.18. The largest absolute Gasteiger partial charge is 0.497 e. The molecule has 0 atom stereocenters. The topological polar surface area (TPSA) is 22.1 Å². The molecular weight excluding hydrogens is 266 g/mol. The Labute approximate surface area is 104 Å². The fourth-order valence-electron chi connectivity index (χ4n) is 1.67. The van der Waals surface area contributed by atoms with Crippen molar-refractivity contribution in [3.05, 3.63) is 34.4 Å². The van der Waals surface area contributed by atoms with E-state index in [-0.39, 0.29) is 0 Å². The quantitative estimate of drug-likeness (QED) is 0.772. The molecule has 0 spiro atoms. The number of benzene rings is 1. The first-order valence-electron chi connectivity index (χ1n) is 5.26. The molecule has 0 aliphatic carbocycles. The molecule has 0 fully saturated rings. The number of pyridine rings is 1. The van der Waals surface area contributed by atoms with Crippen LogP contribution in [0.1, 0.15) is 25.3 Å². The van der Waals surface area contributed by atoms with E-state index in [9.17, 15) is 0 Å². The first-order chi connectivity index (χ1) is 7.61. The molecule has 0 radical (unpaired) electrons. The first kappa shape index (κ1) is 11.4. The molecule has 0 N–H and O–H groups in total. The van der Waals surface area contributed by atoms with Gasteiger partial charge < -0.3 is 4.74 Å². The molecule has 3 heteroatoms. The van der Waals surface area contributed by atoms with E-state index in [1.165, 1.54) is 5.56 Å². The van der Waals surface area contributed by atoms with E-state index in [4.69, 9.17) is 4.74 Å². The highest BCUT2D eigenvalue weighted by Gasteiger charge is 2.08. The highest BCUT2D eigenvalue weighted by Crippen LogP contribution is 2.28. The van der Waals surface area contributed by atoms with Gasteiger partial charge in [0.2, 0.25) is 0 Å². The Balaban J connectivity index is 2.64. The van der Waals surface area contributed by atoms with Crippen LogP contribution in [0.25, 0.3) is 10.9 Å². The van der Waals surface area contributed by atoms with E-state index in [1.807, 2.05) is 18.2 Å². The minimum Gasteiger partial charge on any atom is -0.497 e. The molecule has 0 saturated heterocycles. The molecule has 16 heavy (non-hydrogen) atoms. The van der Waals surface area contributed by atoms with Gasteiger partial charge in [0, 0.05) is 11.5 Å². The highest BCUT2D eigenvalue weighted by atomic mass is 79.9. The summed E-state index contributed by atoms with van der Waals surface area (Å²) in [5, 5.41) is 1.15. The third-order valence-electron chi connectivity index (χ3n) is 2.63. The predicted octanol–water partition coefficient (Wildman–Crippen LogP) is 4.13. The van der Waals surface area contributed by atoms with Gasteiger partial charge in [-0.1, -0.05) is 13.8 Å². The number of aromatic nitrogens is 1. The van der Waals surface area contributed by atoms with E-state index in [1.54, 1.807) is 7.11 Å². The molecule has 0 aliphatic rings. The Morgan fingerprint density at radius 2 is 2.00 bits per heavy atom. The van der Waals surface area contributed by atoms with Crippen molar-refractivity contribution in [2.45, 2.75) is 19.8 Å². The number of rotatable bonds is 2. The van der Waals surface area contributed by atoms with E-state index in [0.717, 1.165) is 21.3 Å². The second-order valence-electron chi connectivity index (χ2n) is 4.08. The molecule has 2 aromatic rings. The van der Waals surface area contributed by atoms with Crippen molar-refractivity contribution in [3.63, 3.8) is 0 Å². The lowest BCUT2D eigenvalue weighted by atomic mass is 10.0. The van der Waals surface area contributed by atoms with Gasteiger partial charge in [0.1, 0.15) is 10.4 Å². The zero-order valence-electron chi connectivity index (χ0n) is 9.62. The molecule has 0 amide bonds. The molecule has 1 heterocycles. The van der Waals surface area contributed by atoms with Crippen LogP contribution in [0.4, 0.5) is 0 Å². The molecule has 0 unspecified atom stereocenters. The average Bonchev–Trinajstić information content (AvgIpc) is 2.27. The second kappa shape index (κ2) is 4.42. The smallest absolute Gasteiger partial charge is 0.121 e. The number of ether oxygens (including phenoxy) is 1. The third-order valence-corrected chi connectivity index (χ3v) is 3.26. The van der Waals surface area contributed by atoms with Gasteiger partial charge in [0.05, 0.1) is 12.6 Å². The Morgan fingerprint density at radius 1 is 1.25 bits per heavy atom. The van der Waals surface area contributed by atoms with Crippen LogP contribution in [0, 0.1) is 0 Å². The van der Waals surface area contributed by atoms with E-state index < -0.39 is 0 Å². The van der Waals surface area contributed by atoms with Crippen molar-refractivity contribution in [2.24, 2.45) is 0 Å². The normalized spacial score (nSPS) is 11.1. The van der Waals surface area contributed by atoms with E-state index >= 15 is 0 Å². The monoisotopic (exact) mass is 279 g/mol. The fourth-order valence-corrected chi connectivity index (χ4v) is 2.43. The van der Waals surface area contributed by atoms with Crippen molar-refractivity contribution < 1.29 is 4.74 Å². The van der Waals surface area contributed by atoms with Crippen LogP contribution in [0.15, 0.2) is 28.9 Å². The van der Waals surface area contributed by atoms with Gasteiger partial charge in [-0.3, -0.25) is 0 Å². The summed E-state index contributed by atoms with van der Waals surface area (Å²) in [7, 11) is 1.67. The Morgan fingerprint density at radius 3 is 2.62 bits per heavy atom. The van der Waals surface area contributed by atoms with Crippen LogP contribution in [0.5, 0.6) is 5.75 Å². The van der Waals surface area contributed by atoms with Crippen LogP contribution in [-0.4, -0.2) is 12.1 Å². The maximum Gasteiger partial charge on any atom is 0.121 e. The minimum atomic E-state index is 0.466. The molecule has 1 aromatic carbocycles. The highest BCUT2D eigenvalue weighted by molar-refractivity contribution is 9.10. The Kier molecular flexibility index (Phi) is 3.15. The number of hydrogen-bond donors (Lipinski definition) is 0. The lowest BCUT2D eigenvalue weighted by Gasteiger charge is -2.10. The third kappa shape index (κ3) is 2.05. The first-order valence-corrected chi connectivity index (χ1v) is 6.05. The van der Waals surface area contributed by atoms with Crippen LogP contribution >= 0.6 is 15.9 Å². The molecule has 2 rings (SSSR count). The Hall–Kier alpha value is -1.09. The Bertz CT molecular complexity index is 523. The summed E-state index contributed by atoms with van der Waals surface area (Å²) in [6, 6.07) is 8.13. The van der Waals surface area contributed by atoms with Gasteiger partial charge in [0.25, 0.3) is 0 Å². The standard InChI is InChI=1S/C13H14BrNO/c1-8(2)11-6-9-4-5-10(16-3)7-12(9)15-13(11)14/h4-8H,1-3H3. The van der Waals surface area contributed by atoms with Gasteiger partial charge in [-0.05, 0) is 45.6 Å². The number of methoxy groups -OCH3 is 1. The van der Waals surface area contributed by atoms with Crippen LogP contribution in [-0.2, 0) is 0 Å². The fraction of sp³-hybridized carbons (Fsp3) is 0.308. The maximum absolute atomic E-state index is 5.18. The molecule has 0 aliphatic heterocycles. The number of hydrogen-bond acceptors (Lipinski definition) is 2. The van der Waals surface area contributed by atoms with Gasteiger partial charge in [-0.2, -0.15) is 0 Å². The molecule has 0 saturated carbocycles.